The molecule has 0 radical (unpaired) electrons. The Labute approximate surface area is 376 Å². The molecule has 3 rings (SSSR count). The van der Waals surface area contributed by atoms with E-state index in [1.54, 1.807) is 0 Å². The molecule has 1 unspecified atom stereocenters. The summed E-state index contributed by atoms with van der Waals surface area (Å²) in [5.41, 5.74) is 2.58. The highest BCUT2D eigenvalue weighted by Crippen LogP contribution is 2.40. The summed E-state index contributed by atoms with van der Waals surface area (Å²) < 4.78 is 20.2. The fourth-order valence-electron chi connectivity index (χ4n) is 8.40. The second-order valence-electron chi connectivity index (χ2n) is 17.5. The van der Waals surface area contributed by atoms with E-state index in [2.05, 4.69) is 129 Å². The largest absolute Gasteiger partial charge is 0.379 e. The quantitative estimate of drug-likeness (QED) is 0.0324. The summed E-state index contributed by atoms with van der Waals surface area (Å²) in [5, 5.41) is 0. The van der Waals surface area contributed by atoms with Crippen molar-refractivity contribution < 1.29 is 14.2 Å². The van der Waals surface area contributed by atoms with Crippen LogP contribution in [-0.2, 0) is 19.8 Å². The van der Waals surface area contributed by atoms with E-state index in [1.807, 2.05) is 0 Å². The van der Waals surface area contributed by atoms with E-state index < -0.39 is 5.60 Å². The van der Waals surface area contributed by atoms with Crippen molar-refractivity contribution in [3.8, 4) is 0 Å². The molecule has 0 heterocycles. The van der Waals surface area contributed by atoms with E-state index in [0.29, 0.717) is 13.2 Å². The minimum atomic E-state index is -0.765. The van der Waals surface area contributed by atoms with Gasteiger partial charge >= 0.3 is 0 Å². The van der Waals surface area contributed by atoms with Crippen LogP contribution in [0.2, 0.25) is 0 Å². The number of allylic oxidation sites excluding steroid dienone is 4. The zero-order valence-corrected chi connectivity index (χ0v) is 39.4. The number of rotatable bonds is 41. The summed E-state index contributed by atoms with van der Waals surface area (Å²) in [5.74, 6) is 0. The number of hydrogen-bond donors (Lipinski definition) is 0. The topological polar surface area (TPSA) is 27.7 Å². The minimum absolute atomic E-state index is 0.146. The Morgan fingerprint density at radius 2 is 0.705 bits per heavy atom. The van der Waals surface area contributed by atoms with Crippen LogP contribution in [0.3, 0.4) is 0 Å². The molecule has 3 aromatic rings. The number of benzene rings is 3. The van der Waals surface area contributed by atoms with Crippen LogP contribution < -0.4 is 0 Å². The van der Waals surface area contributed by atoms with E-state index in [1.165, 1.54) is 167 Å². The molecule has 0 aromatic heterocycles. The van der Waals surface area contributed by atoms with E-state index >= 15 is 0 Å². The Morgan fingerprint density at radius 1 is 0.377 bits per heavy atom. The highest BCUT2D eigenvalue weighted by Gasteiger charge is 2.38. The maximum atomic E-state index is 7.21. The molecule has 3 heteroatoms. The van der Waals surface area contributed by atoms with Gasteiger partial charge in [-0.2, -0.15) is 0 Å². The van der Waals surface area contributed by atoms with Crippen molar-refractivity contribution in [2.45, 2.75) is 205 Å². The molecule has 0 N–H and O–H groups in total. The second-order valence-corrected chi connectivity index (χ2v) is 17.5. The third-order valence-electron chi connectivity index (χ3n) is 12.1. The van der Waals surface area contributed by atoms with E-state index in [-0.39, 0.29) is 6.10 Å². The zero-order valence-electron chi connectivity index (χ0n) is 39.4. The lowest BCUT2D eigenvalue weighted by Crippen LogP contribution is -2.37. The average molecular weight is 835 g/mol. The summed E-state index contributed by atoms with van der Waals surface area (Å²) >= 11 is 0. The minimum Gasteiger partial charge on any atom is -0.379 e. The first kappa shape index (κ1) is 52.4. The third kappa shape index (κ3) is 24.5. The molecule has 0 bridgehead atoms. The van der Waals surface area contributed by atoms with Crippen LogP contribution >= 0.6 is 0 Å². The predicted octanol–water partition coefficient (Wildman–Crippen LogP) is 17.5. The Morgan fingerprint density at radius 3 is 1.08 bits per heavy atom. The zero-order chi connectivity index (χ0) is 43.0. The van der Waals surface area contributed by atoms with Gasteiger partial charge in [-0.15, -0.1) is 0 Å². The summed E-state index contributed by atoms with van der Waals surface area (Å²) in [7, 11) is 0. The van der Waals surface area contributed by atoms with Crippen LogP contribution in [0, 0.1) is 0 Å². The Kier molecular flexibility index (Phi) is 32.2. The van der Waals surface area contributed by atoms with Crippen LogP contribution in [0.15, 0.2) is 115 Å². The van der Waals surface area contributed by atoms with Gasteiger partial charge in [0.15, 0.2) is 0 Å². The molecule has 1 atom stereocenters. The van der Waals surface area contributed by atoms with Crippen molar-refractivity contribution in [2.24, 2.45) is 0 Å². The van der Waals surface area contributed by atoms with Crippen LogP contribution in [0.1, 0.15) is 210 Å². The number of hydrogen-bond acceptors (Lipinski definition) is 3. The van der Waals surface area contributed by atoms with E-state index in [9.17, 15) is 0 Å². The molecular formula is C58H90O3. The van der Waals surface area contributed by atoms with Gasteiger partial charge in [-0.3, -0.25) is 0 Å². The van der Waals surface area contributed by atoms with Gasteiger partial charge in [-0.1, -0.05) is 245 Å². The fraction of sp³-hybridized carbons (Fsp3) is 0.621. The highest BCUT2D eigenvalue weighted by atomic mass is 16.6. The van der Waals surface area contributed by atoms with Crippen molar-refractivity contribution in [3.05, 3.63) is 132 Å². The third-order valence-corrected chi connectivity index (χ3v) is 12.1. The van der Waals surface area contributed by atoms with Gasteiger partial charge in [0.2, 0.25) is 0 Å². The smallest absolute Gasteiger partial charge is 0.143 e. The first-order valence-corrected chi connectivity index (χ1v) is 25.6. The summed E-state index contributed by atoms with van der Waals surface area (Å²) in [6, 6.07) is 32.0. The van der Waals surface area contributed by atoms with Crippen LogP contribution in [-0.4, -0.2) is 32.5 Å². The van der Waals surface area contributed by atoms with E-state index in [0.717, 1.165) is 42.7 Å². The van der Waals surface area contributed by atoms with Gasteiger partial charge in [0, 0.05) is 13.2 Å². The number of ether oxygens (including phenoxy) is 3. The van der Waals surface area contributed by atoms with E-state index in [4.69, 9.17) is 14.2 Å². The number of unbranched alkanes of at least 4 members (excludes halogenated alkanes) is 24. The molecule has 3 aromatic carbocycles. The Bertz CT molecular complexity index is 1320. The standard InChI is InChI=1S/C58H90O3/c1-3-5-7-9-11-13-15-17-19-21-23-25-27-29-31-42-50-59-52-57(60-51-43-32-30-28-26-24-22-20-18-16-14-12-10-8-6-4-2)53-61-58(54-44-36-33-37-45-54,55-46-38-34-39-47-55)56-48-40-35-41-49-56/h17-20,33-41,44-49,57H,3-16,21-32,42-43,50-53H2,1-2H3/b19-17-,20-18-. The predicted molar refractivity (Wildman–Crippen MR) is 265 cm³/mol. The Balaban J connectivity index is 1.43. The fourth-order valence-corrected chi connectivity index (χ4v) is 8.40. The molecule has 0 saturated carbocycles. The van der Waals surface area contributed by atoms with Crippen molar-refractivity contribution in [1.82, 2.24) is 0 Å². The van der Waals surface area contributed by atoms with Gasteiger partial charge in [-0.05, 0) is 80.9 Å². The average Bonchev–Trinajstić information content (AvgIpc) is 3.30. The molecule has 0 spiro atoms. The first-order valence-electron chi connectivity index (χ1n) is 25.6. The molecule has 340 valence electrons. The lowest BCUT2D eigenvalue weighted by molar-refractivity contribution is -0.0923. The molecular weight excluding hydrogens is 745 g/mol. The molecule has 0 aliphatic rings. The monoisotopic (exact) mass is 835 g/mol. The summed E-state index contributed by atoms with van der Waals surface area (Å²) in [6.07, 6.45) is 46.2. The summed E-state index contributed by atoms with van der Waals surface area (Å²) in [6.45, 7) is 7.08. The van der Waals surface area contributed by atoms with Crippen molar-refractivity contribution in [2.75, 3.05) is 26.4 Å². The van der Waals surface area contributed by atoms with Gasteiger partial charge in [0.1, 0.15) is 11.7 Å². The molecule has 61 heavy (non-hydrogen) atoms. The summed E-state index contributed by atoms with van der Waals surface area (Å²) in [4.78, 5) is 0. The van der Waals surface area contributed by atoms with Gasteiger partial charge in [-0.25, -0.2) is 0 Å². The molecule has 0 saturated heterocycles. The SMILES string of the molecule is CCCCCCCC/C=C\CCCCCCCCOCC(COC(c1ccccc1)(c1ccccc1)c1ccccc1)OCCCCCCCC/C=C\CCCCCCCC. The molecule has 0 aliphatic heterocycles. The van der Waals surface area contributed by atoms with Crippen LogP contribution in [0.5, 0.6) is 0 Å². The second kappa shape index (κ2) is 37.6. The molecule has 0 fully saturated rings. The van der Waals surface area contributed by atoms with Gasteiger partial charge in [0.05, 0.1) is 13.2 Å². The first-order chi connectivity index (χ1) is 30.3. The van der Waals surface area contributed by atoms with Crippen LogP contribution in [0.4, 0.5) is 0 Å². The lowest BCUT2D eigenvalue weighted by atomic mass is 9.80. The van der Waals surface area contributed by atoms with Gasteiger partial charge < -0.3 is 14.2 Å². The molecule has 0 aliphatic carbocycles. The van der Waals surface area contributed by atoms with Crippen molar-refractivity contribution in [3.63, 3.8) is 0 Å². The van der Waals surface area contributed by atoms with Crippen molar-refractivity contribution >= 4 is 0 Å². The highest BCUT2D eigenvalue weighted by molar-refractivity contribution is 5.47. The van der Waals surface area contributed by atoms with Crippen LogP contribution in [0.25, 0.3) is 0 Å². The molecule has 3 nitrogen and oxygen atoms in total. The molecule has 0 amide bonds. The Hall–Kier alpha value is -2.98. The lowest BCUT2D eigenvalue weighted by Gasteiger charge is -2.37. The normalized spacial score (nSPS) is 12.6. The van der Waals surface area contributed by atoms with Gasteiger partial charge in [0.25, 0.3) is 0 Å². The maximum absolute atomic E-state index is 7.21. The maximum Gasteiger partial charge on any atom is 0.143 e. The van der Waals surface area contributed by atoms with Crippen molar-refractivity contribution in [1.29, 1.82) is 0 Å².